The largest absolute Gasteiger partial charge is 1.00 e. The molecule has 511 valence electrons. The third-order valence-corrected chi connectivity index (χ3v) is 19.9. The number of hydrogen-bond donors (Lipinski definition) is 1. The van der Waals surface area contributed by atoms with Crippen LogP contribution in [0, 0.1) is 13.8 Å². The van der Waals surface area contributed by atoms with Crippen LogP contribution in [-0.4, -0.2) is 231 Å². The zero-order valence-electron chi connectivity index (χ0n) is 56.0. The molecule has 0 atom stereocenters. The fourth-order valence-electron chi connectivity index (χ4n) is 11.1. The Morgan fingerprint density at radius 2 is 1.01 bits per heavy atom. The molecule has 12 rings (SSSR count). The number of ketones is 1. The number of fused-ring (bicyclic) bond motifs is 2. The Balaban J connectivity index is 0.000000240. The molecule has 1 N–H and O–H groups in total. The van der Waals surface area contributed by atoms with Crippen molar-refractivity contribution in [2.24, 2.45) is 0 Å². The van der Waals surface area contributed by atoms with Crippen LogP contribution in [-0.2, 0) is 82.7 Å². The van der Waals surface area contributed by atoms with E-state index in [1.165, 1.54) is 89.0 Å². The SMILES string of the molecule is C1CNC1.CC(=O)OOC(C)=O.CC(=O)[O-].COc1ncc(-c2nc(N3CCOCC3)nc3c(CN4CCC(=O)CC4)c(C)sc23)cc1CS(C)(=O)=O.COc1ncc(-c2nc(N3CCOCC3)nc3c(CN4CCC(N5CCC5)CC4)c(C)sc23)cc1CS(C)(=O)=O.[B].[Na+]. The molecule has 95 heavy (non-hydrogen) atoms. The van der Waals surface area contributed by atoms with Gasteiger partial charge in [-0.15, -0.1) is 22.7 Å². The molecule has 0 unspecified atom stereocenters. The van der Waals surface area contributed by atoms with Crippen molar-refractivity contribution in [3.63, 3.8) is 0 Å². The summed E-state index contributed by atoms with van der Waals surface area (Å²) in [4.78, 5) is 91.3. The maximum absolute atomic E-state index is 12.2. The van der Waals surface area contributed by atoms with Gasteiger partial charge >= 0.3 is 41.5 Å². The number of pyridine rings is 2. The molecule has 0 saturated carbocycles. The van der Waals surface area contributed by atoms with E-state index in [-0.39, 0.29) is 55.4 Å². The van der Waals surface area contributed by atoms with Crippen molar-refractivity contribution in [3.8, 4) is 34.3 Å². The maximum atomic E-state index is 12.2. The summed E-state index contributed by atoms with van der Waals surface area (Å²) in [5.74, 6) is -0.457. The second kappa shape index (κ2) is 36.8. The molecule has 0 spiro atoms. The van der Waals surface area contributed by atoms with E-state index >= 15 is 0 Å². The Kier molecular flexibility index (Phi) is 30.4. The van der Waals surface area contributed by atoms with Gasteiger partial charge in [0.2, 0.25) is 23.7 Å². The van der Waals surface area contributed by atoms with Crippen LogP contribution in [0.5, 0.6) is 11.8 Å². The van der Waals surface area contributed by atoms with Crippen LogP contribution in [0.2, 0.25) is 0 Å². The molecule has 33 heteroatoms. The zero-order chi connectivity index (χ0) is 67.0. The normalized spacial score (nSPS) is 17.0. The van der Waals surface area contributed by atoms with Crippen LogP contribution in [0.3, 0.4) is 0 Å². The average Bonchev–Trinajstić information content (AvgIpc) is 1.66. The summed E-state index contributed by atoms with van der Waals surface area (Å²) < 4.78 is 72.4. The number of hydrogen-bond acceptors (Lipinski definition) is 29. The Hall–Kier alpha value is -5.62. The summed E-state index contributed by atoms with van der Waals surface area (Å²) in [5.41, 5.74) is 8.31. The summed E-state index contributed by atoms with van der Waals surface area (Å²) in [6.45, 7) is 23.2. The van der Waals surface area contributed by atoms with E-state index in [2.05, 4.69) is 63.4 Å². The number of nitrogens with zero attached hydrogens (tertiary/aromatic N) is 11. The van der Waals surface area contributed by atoms with E-state index in [9.17, 15) is 31.2 Å². The number of carboxylic acids is 1. The summed E-state index contributed by atoms with van der Waals surface area (Å²) >= 11 is 3.35. The molecule has 6 fully saturated rings. The van der Waals surface area contributed by atoms with Crippen molar-refractivity contribution >= 4 is 107 Å². The van der Waals surface area contributed by atoms with Crippen molar-refractivity contribution in [1.82, 2.24) is 49.9 Å². The van der Waals surface area contributed by atoms with Crippen LogP contribution in [0.25, 0.3) is 42.9 Å². The Morgan fingerprint density at radius 3 is 1.34 bits per heavy atom. The smallest absolute Gasteiger partial charge is 0.550 e. The third-order valence-electron chi connectivity index (χ3n) is 16.0. The molecule has 3 radical (unpaired) electrons. The molecule has 6 saturated heterocycles. The molecule has 6 aliphatic rings. The molecule has 0 bridgehead atoms. The van der Waals surface area contributed by atoms with Gasteiger partial charge in [0.05, 0.1) is 84.0 Å². The number of carbonyl (C=O) groups is 4. The molecular formula is C62H85BN12NaO15S4. The number of aromatic nitrogens is 6. The molecule has 6 aliphatic heterocycles. The number of aryl methyl sites for hydroxylation is 2. The van der Waals surface area contributed by atoms with Gasteiger partial charge in [-0.3, -0.25) is 14.6 Å². The molecule has 6 aromatic heterocycles. The van der Waals surface area contributed by atoms with E-state index in [1.807, 2.05) is 12.1 Å². The van der Waals surface area contributed by atoms with Crippen molar-refractivity contribution < 1.29 is 99.4 Å². The Bertz CT molecular complexity index is 3790. The average molecular weight is 1400 g/mol. The van der Waals surface area contributed by atoms with E-state index in [0.29, 0.717) is 87.0 Å². The number of sulfone groups is 2. The van der Waals surface area contributed by atoms with Gasteiger partial charge in [0, 0.05) is 168 Å². The van der Waals surface area contributed by atoms with Crippen molar-refractivity contribution in [2.75, 3.05) is 141 Å². The standard InChI is InChI=1S/C28H38N6O4S2.C25H31N5O5S2.C4H6O4.C3H7N.C2H4O2.B.Na/c1-19-23(17-32-9-5-22(6-10-32)33-7-4-8-33)25-26(39-19)24(30-28(31-25)34-11-13-38-14-12-34)20-15-21(18-40(3,35)36)27(37-2)29-16-20;1-16-20(14-29-6-4-19(31)5-7-29)22-23(36-16)21(27-25(28-22)30-8-10-35-11-9-30)17-12-18(15-37(3,32)33)24(34-2)26-13-17;1-3(5)7-8-4(2)6;1-2-4-3-1;1-2(3)4;;/h15-16,22H,4-14,17-18H2,1-3H3;12-13H,4-11,14-15H2,1-3H3;1-2H3;4H,1-3H2;1H3,(H,3,4);;/q;;;;;;+1/p-1. The van der Waals surface area contributed by atoms with E-state index in [1.54, 1.807) is 35.1 Å². The van der Waals surface area contributed by atoms with Gasteiger partial charge in [-0.25, -0.2) is 66.1 Å². The molecule has 27 nitrogen and oxygen atoms in total. The maximum Gasteiger partial charge on any atom is 1.00 e. The van der Waals surface area contributed by atoms with Crippen molar-refractivity contribution in [2.45, 2.75) is 104 Å². The number of methoxy groups -OCH3 is 2. The fraction of sp³-hybridized carbons (Fsp3) is 0.581. The van der Waals surface area contributed by atoms with Gasteiger partial charge in [-0.2, -0.15) is 0 Å². The van der Waals surface area contributed by atoms with Crippen molar-refractivity contribution in [3.05, 3.63) is 56.5 Å². The zero-order valence-corrected chi connectivity index (χ0v) is 61.3. The first kappa shape index (κ1) is 78.4. The van der Waals surface area contributed by atoms with Gasteiger partial charge < -0.3 is 48.9 Å². The van der Waals surface area contributed by atoms with Crippen LogP contribution >= 0.6 is 22.7 Å². The summed E-state index contributed by atoms with van der Waals surface area (Å²) in [7, 11) is -3.59. The molecule has 0 amide bonds. The number of rotatable bonds is 15. The number of anilines is 2. The number of morpholine rings is 2. The topological polar surface area (TPSA) is 321 Å². The minimum absolute atomic E-state index is 0. The number of carboxylic acid groups (broad SMARTS) is 1. The number of aliphatic carboxylic acids is 1. The van der Waals surface area contributed by atoms with Gasteiger partial charge in [-0.05, 0) is 97.9 Å². The molecular weight excluding hydrogens is 1310 g/mol. The third kappa shape index (κ3) is 23.0. The number of ether oxygens (including phenoxy) is 4. The van der Waals surface area contributed by atoms with Crippen LogP contribution in [0.15, 0.2) is 24.5 Å². The molecule has 12 heterocycles. The van der Waals surface area contributed by atoms with Crippen molar-refractivity contribution in [1.29, 1.82) is 0 Å². The van der Waals surface area contributed by atoms with Crippen LogP contribution in [0.4, 0.5) is 11.9 Å². The van der Waals surface area contributed by atoms with Crippen LogP contribution in [0.1, 0.15) is 91.3 Å². The Labute approximate surface area is 588 Å². The van der Waals surface area contributed by atoms with Gasteiger partial charge in [0.15, 0.2) is 19.7 Å². The Morgan fingerprint density at radius 1 is 0.632 bits per heavy atom. The summed E-state index contributed by atoms with van der Waals surface area (Å²) in [6.07, 6.45) is 12.2. The van der Waals surface area contributed by atoms with Gasteiger partial charge in [-0.1, -0.05) is 0 Å². The van der Waals surface area contributed by atoms with Crippen LogP contribution < -0.4 is 59.3 Å². The first-order valence-corrected chi connectivity index (χ1v) is 36.7. The number of carbonyl (C=O) groups excluding carboxylic acids is 4. The summed E-state index contributed by atoms with van der Waals surface area (Å²) in [5, 5.41) is 12.0. The second-order valence-corrected chi connectivity index (χ2v) is 30.2. The number of nitrogens with one attached hydrogen (secondary N) is 1. The fourth-order valence-corrected chi connectivity index (χ4v) is 14.8. The monoisotopic (exact) mass is 1400 g/mol. The summed E-state index contributed by atoms with van der Waals surface area (Å²) in [6, 6.07) is 4.39. The molecule has 0 aliphatic carbocycles. The number of likely N-dealkylation sites (tertiary alicyclic amines) is 3. The second-order valence-electron chi connectivity index (χ2n) is 23.5. The first-order valence-electron chi connectivity index (χ1n) is 31.0. The number of thiophene rings is 2. The minimum Gasteiger partial charge on any atom is -0.550 e. The quantitative estimate of drug-likeness (QED) is 0.0855. The van der Waals surface area contributed by atoms with E-state index < -0.39 is 37.6 Å². The number of Topliss-reactive ketones (excluding diaryl/α,β-unsaturated/α-hetero) is 1. The number of piperidine rings is 2. The first-order chi connectivity index (χ1) is 44.4. The van der Waals surface area contributed by atoms with E-state index in [4.69, 9.17) is 48.8 Å². The molecule has 6 aromatic rings. The predicted octanol–water partition coefficient (Wildman–Crippen LogP) is 1.12. The van der Waals surface area contributed by atoms with E-state index in [0.717, 1.165) is 133 Å². The molecule has 0 aromatic carbocycles. The van der Waals surface area contributed by atoms with Gasteiger partial charge in [0.25, 0.3) is 0 Å². The predicted molar refractivity (Wildman–Crippen MR) is 358 cm³/mol. The van der Waals surface area contributed by atoms with Gasteiger partial charge in [0.1, 0.15) is 5.78 Å². The minimum atomic E-state index is -3.30.